The van der Waals surface area contributed by atoms with Crippen LogP contribution in [0.1, 0.15) is 90.6 Å². The Bertz CT molecular complexity index is 951. The number of hydrogen-bond acceptors (Lipinski definition) is 6. The summed E-state index contributed by atoms with van der Waals surface area (Å²) in [6, 6.07) is 3.49. The molecule has 1 fully saturated rings. The Hall–Kier alpha value is -2.74. The lowest BCUT2D eigenvalue weighted by Gasteiger charge is -2.41. The van der Waals surface area contributed by atoms with E-state index in [0.29, 0.717) is 43.4 Å². The van der Waals surface area contributed by atoms with Gasteiger partial charge in [-0.05, 0) is 85.9 Å². The molecule has 0 aromatic heterocycles. The van der Waals surface area contributed by atoms with Crippen molar-refractivity contribution in [3.8, 4) is 11.5 Å². The molecule has 1 aromatic carbocycles. The summed E-state index contributed by atoms with van der Waals surface area (Å²) in [5.41, 5.74) is 0.741. The van der Waals surface area contributed by atoms with Gasteiger partial charge >= 0.3 is 6.09 Å². The Balaban J connectivity index is 2.43. The summed E-state index contributed by atoms with van der Waals surface area (Å²) in [6.07, 6.45) is 5.78. The lowest BCUT2D eigenvalue weighted by atomic mass is 9.98. The number of rotatable bonds is 11. The van der Waals surface area contributed by atoms with E-state index < -0.39 is 5.60 Å². The van der Waals surface area contributed by atoms with Gasteiger partial charge in [0.2, 0.25) is 0 Å². The van der Waals surface area contributed by atoms with Crippen molar-refractivity contribution in [3.63, 3.8) is 0 Å². The summed E-state index contributed by atoms with van der Waals surface area (Å²) in [4.78, 5) is 30.6. The molecular weight excluding hydrogens is 484 g/mol. The minimum Gasteiger partial charge on any atom is -0.490 e. The summed E-state index contributed by atoms with van der Waals surface area (Å²) in [5, 5.41) is 0. The zero-order valence-electron chi connectivity index (χ0n) is 24.8. The monoisotopic (exact) mass is 532 g/mol. The molecule has 1 saturated heterocycles. The maximum absolute atomic E-state index is 14.2. The minimum absolute atomic E-state index is 0.0513. The topological polar surface area (TPSA) is 77.5 Å². The van der Waals surface area contributed by atoms with Crippen LogP contribution in [0, 0.1) is 0 Å². The zero-order chi connectivity index (χ0) is 28.5. The van der Waals surface area contributed by atoms with Crippen LogP contribution in [0.3, 0.4) is 0 Å². The highest BCUT2D eigenvalue weighted by molar-refractivity contribution is 5.99. The summed E-state index contributed by atoms with van der Waals surface area (Å²) in [5.74, 6) is 1.04. The van der Waals surface area contributed by atoms with Gasteiger partial charge in [0, 0.05) is 39.3 Å². The number of carbonyl (C=O) groups excluding carboxylic acids is 2. The van der Waals surface area contributed by atoms with Crippen LogP contribution in [-0.4, -0.2) is 79.0 Å². The average molecular weight is 533 g/mol. The van der Waals surface area contributed by atoms with Crippen LogP contribution in [0.4, 0.5) is 4.79 Å². The Labute approximate surface area is 229 Å². The third-order valence-corrected chi connectivity index (χ3v) is 6.04. The van der Waals surface area contributed by atoms with Crippen molar-refractivity contribution in [2.24, 2.45) is 0 Å². The molecular formula is C30H48N2O6. The molecule has 0 saturated carbocycles. The normalized spacial score (nSPS) is 16.3. The van der Waals surface area contributed by atoms with E-state index in [-0.39, 0.29) is 30.2 Å². The number of likely N-dealkylation sites (tertiary alicyclic amines) is 1. The number of allylic oxidation sites excluding steroid dienone is 1. The molecule has 1 aliphatic heterocycles. The predicted octanol–water partition coefficient (Wildman–Crippen LogP) is 6.17. The highest BCUT2D eigenvalue weighted by Gasteiger charge is 2.35. The van der Waals surface area contributed by atoms with E-state index in [1.807, 2.05) is 78.5 Å². The third-order valence-electron chi connectivity index (χ3n) is 6.04. The van der Waals surface area contributed by atoms with E-state index in [9.17, 15) is 9.59 Å². The second-order valence-corrected chi connectivity index (χ2v) is 11.3. The molecule has 8 heteroatoms. The van der Waals surface area contributed by atoms with Gasteiger partial charge in [-0.25, -0.2) is 4.79 Å². The van der Waals surface area contributed by atoms with Gasteiger partial charge in [-0.2, -0.15) is 0 Å². The van der Waals surface area contributed by atoms with E-state index in [4.69, 9.17) is 18.9 Å². The number of benzene rings is 1. The molecule has 0 N–H and O–H groups in total. The molecule has 0 aliphatic carbocycles. The molecule has 2 rings (SSSR count). The zero-order valence-corrected chi connectivity index (χ0v) is 24.8. The number of methoxy groups -OCH3 is 1. The van der Waals surface area contributed by atoms with Crippen molar-refractivity contribution in [1.29, 1.82) is 0 Å². The van der Waals surface area contributed by atoms with Gasteiger partial charge in [0.25, 0.3) is 5.91 Å². The number of piperidine rings is 1. The van der Waals surface area contributed by atoms with Gasteiger partial charge in [0.05, 0.1) is 24.3 Å². The molecule has 38 heavy (non-hydrogen) atoms. The molecule has 1 heterocycles. The highest BCUT2D eigenvalue weighted by atomic mass is 16.6. The van der Waals surface area contributed by atoms with E-state index in [1.165, 1.54) is 0 Å². The Kier molecular flexibility index (Phi) is 11.9. The number of amides is 2. The number of ether oxygens (including phenoxy) is 4. The summed E-state index contributed by atoms with van der Waals surface area (Å²) < 4.78 is 22.9. The fourth-order valence-corrected chi connectivity index (χ4v) is 4.56. The van der Waals surface area contributed by atoms with Crippen LogP contribution in [0.2, 0.25) is 0 Å². The van der Waals surface area contributed by atoms with Crippen LogP contribution in [0.5, 0.6) is 11.5 Å². The smallest absolute Gasteiger partial charge is 0.410 e. The third kappa shape index (κ3) is 9.22. The van der Waals surface area contributed by atoms with Gasteiger partial charge < -0.3 is 28.7 Å². The van der Waals surface area contributed by atoms with Gasteiger partial charge in [0.15, 0.2) is 11.5 Å². The molecule has 0 unspecified atom stereocenters. The largest absolute Gasteiger partial charge is 0.490 e. The first-order chi connectivity index (χ1) is 17.9. The molecule has 2 amide bonds. The predicted molar refractivity (Wildman–Crippen MR) is 151 cm³/mol. The molecule has 1 aromatic rings. The SMILES string of the molecule is CC=Cc1cc(OC(C)C)c(OCCCOC)cc1C(=O)N(C(C)C)[C@@H]1CCCN(C(=O)OC(C)(C)C)C1. The van der Waals surface area contributed by atoms with Crippen LogP contribution in [-0.2, 0) is 9.47 Å². The van der Waals surface area contributed by atoms with Gasteiger partial charge in [-0.3, -0.25) is 4.79 Å². The molecule has 214 valence electrons. The minimum atomic E-state index is -0.571. The molecule has 8 nitrogen and oxygen atoms in total. The summed E-state index contributed by atoms with van der Waals surface area (Å²) >= 11 is 0. The summed E-state index contributed by atoms with van der Waals surface area (Å²) in [7, 11) is 1.66. The Morgan fingerprint density at radius 2 is 1.84 bits per heavy atom. The van der Waals surface area contributed by atoms with Crippen LogP contribution < -0.4 is 9.47 Å². The standard InChI is InChI=1S/C30H48N2O6/c1-10-13-23-18-27(37-22(4)5)26(36-17-12-16-35-9)19-25(23)28(33)32(21(2)3)24-14-11-15-31(20-24)29(34)38-30(6,7)8/h10,13,18-19,21-22,24H,11-12,14-17,20H2,1-9H3/t24-/m1/s1. The quantitative estimate of drug-likeness (QED) is 0.317. The fraction of sp³-hybridized carbons (Fsp3) is 0.667. The second kappa shape index (κ2) is 14.4. The first kappa shape index (κ1) is 31.5. The first-order valence-electron chi connectivity index (χ1n) is 13.8. The van der Waals surface area contributed by atoms with E-state index in [0.717, 1.165) is 24.8 Å². The van der Waals surface area contributed by atoms with Gasteiger partial charge in [0.1, 0.15) is 5.60 Å². The van der Waals surface area contributed by atoms with Gasteiger partial charge in [-0.1, -0.05) is 12.2 Å². The first-order valence-corrected chi connectivity index (χ1v) is 13.8. The average Bonchev–Trinajstić information content (AvgIpc) is 2.81. The Morgan fingerprint density at radius 3 is 2.42 bits per heavy atom. The van der Waals surface area contributed by atoms with Crippen LogP contribution >= 0.6 is 0 Å². The molecule has 0 radical (unpaired) electrons. The molecule has 0 spiro atoms. The van der Waals surface area contributed by atoms with Crippen molar-refractivity contribution in [2.45, 2.75) is 98.4 Å². The fourth-order valence-electron chi connectivity index (χ4n) is 4.56. The van der Waals surface area contributed by atoms with E-state index in [2.05, 4.69) is 0 Å². The maximum atomic E-state index is 14.2. The number of hydrogen-bond donors (Lipinski definition) is 0. The molecule has 0 bridgehead atoms. The number of nitrogens with zero attached hydrogens (tertiary/aromatic N) is 2. The molecule has 1 aliphatic rings. The lowest BCUT2D eigenvalue weighted by molar-refractivity contribution is 0.00751. The van der Waals surface area contributed by atoms with Crippen LogP contribution in [0.15, 0.2) is 18.2 Å². The second-order valence-electron chi connectivity index (χ2n) is 11.3. The Morgan fingerprint density at radius 1 is 1.13 bits per heavy atom. The molecule has 1 atom stereocenters. The van der Waals surface area contributed by atoms with E-state index >= 15 is 0 Å². The maximum Gasteiger partial charge on any atom is 0.410 e. The van der Waals surface area contributed by atoms with Crippen molar-refractivity contribution in [3.05, 3.63) is 29.3 Å². The van der Waals surface area contributed by atoms with Crippen LogP contribution in [0.25, 0.3) is 6.08 Å². The lowest BCUT2D eigenvalue weighted by Crippen LogP contribution is -2.54. The van der Waals surface area contributed by atoms with E-state index in [1.54, 1.807) is 18.1 Å². The highest BCUT2D eigenvalue weighted by Crippen LogP contribution is 2.34. The van der Waals surface area contributed by atoms with Crippen molar-refractivity contribution >= 4 is 18.1 Å². The van der Waals surface area contributed by atoms with Crippen molar-refractivity contribution in [1.82, 2.24) is 9.80 Å². The number of carbonyl (C=O) groups is 2. The van der Waals surface area contributed by atoms with Gasteiger partial charge in [-0.15, -0.1) is 0 Å². The van der Waals surface area contributed by atoms with Crippen molar-refractivity contribution in [2.75, 3.05) is 33.4 Å². The van der Waals surface area contributed by atoms with Crippen molar-refractivity contribution < 1.29 is 28.5 Å². The summed E-state index contributed by atoms with van der Waals surface area (Å²) in [6.45, 7) is 17.5.